The van der Waals surface area contributed by atoms with E-state index in [2.05, 4.69) is 0 Å². The second-order valence-corrected chi connectivity index (χ2v) is 7.22. The molecule has 1 unspecified atom stereocenters. The Balaban J connectivity index is 1.94. The first-order valence-electron chi connectivity index (χ1n) is 8.48. The highest BCUT2D eigenvalue weighted by Crippen LogP contribution is 2.20. The summed E-state index contributed by atoms with van der Waals surface area (Å²) >= 11 is 0. The molecular formula is C19H29NO3. The molecule has 4 nitrogen and oxygen atoms in total. The number of rotatable bonds is 6. The Labute approximate surface area is 139 Å². The first kappa shape index (κ1) is 18.0. The lowest BCUT2D eigenvalue weighted by Crippen LogP contribution is -2.41. The number of aliphatic hydroxyl groups is 1. The normalized spacial score (nSPS) is 19.0. The topological polar surface area (TPSA) is 49.8 Å². The van der Waals surface area contributed by atoms with E-state index in [9.17, 15) is 9.90 Å². The lowest BCUT2D eigenvalue weighted by atomic mass is 9.97. The first-order valence-corrected chi connectivity index (χ1v) is 8.48. The summed E-state index contributed by atoms with van der Waals surface area (Å²) in [6.45, 7) is 5.97. The number of ether oxygens (including phenoxy) is 1. The van der Waals surface area contributed by atoms with E-state index in [-0.39, 0.29) is 5.91 Å². The summed E-state index contributed by atoms with van der Waals surface area (Å²) in [5, 5.41) is 9.79. The van der Waals surface area contributed by atoms with Crippen LogP contribution >= 0.6 is 0 Å². The van der Waals surface area contributed by atoms with Crippen LogP contribution in [0.4, 0.5) is 0 Å². The number of hydrogen-bond acceptors (Lipinski definition) is 3. The Hall–Kier alpha value is -1.39. The Morgan fingerprint density at radius 2 is 2.04 bits per heavy atom. The van der Waals surface area contributed by atoms with Crippen LogP contribution in [0.2, 0.25) is 0 Å². The van der Waals surface area contributed by atoms with E-state index in [1.165, 1.54) is 0 Å². The molecule has 0 spiro atoms. The van der Waals surface area contributed by atoms with Gasteiger partial charge in [0, 0.05) is 25.8 Å². The van der Waals surface area contributed by atoms with Crippen molar-refractivity contribution < 1.29 is 14.6 Å². The van der Waals surface area contributed by atoms with Crippen molar-refractivity contribution in [3.05, 3.63) is 35.4 Å². The highest BCUT2D eigenvalue weighted by molar-refractivity contribution is 5.94. The molecule has 1 aliphatic heterocycles. The summed E-state index contributed by atoms with van der Waals surface area (Å²) in [5.41, 5.74) is 1.24. The van der Waals surface area contributed by atoms with Gasteiger partial charge >= 0.3 is 0 Å². The molecule has 0 aliphatic carbocycles. The number of methoxy groups -OCH3 is 1. The maximum Gasteiger partial charge on any atom is 0.253 e. The maximum atomic E-state index is 12.6. The zero-order chi connectivity index (χ0) is 16.9. The van der Waals surface area contributed by atoms with Gasteiger partial charge in [0.15, 0.2) is 0 Å². The SMILES string of the molecule is COCC1CCCN(C(=O)c2ccc(CCC(C)(C)O)cc2)C1. The molecule has 1 aliphatic rings. The smallest absolute Gasteiger partial charge is 0.253 e. The molecule has 0 radical (unpaired) electrons. The molecule has 1 N–H and O–H groups in total. The van der Waals surface area contributed by atoms with Gasteiger partial charge in [-0.05, 0) is 63.1 Å². The second-order valence-electron chi connectivity index (χ2n) is 7.22. The van der Waals surface area contributed by atoms with Crippen LogP contribution in [0.3, 0.4) is 0 Å². The fraction of sp³-hybridized carbons (Fsp3) is 0.632. The molecule has 0 bridgehead atoms. The van der Waals surface area contributed by atoms with Gasteiger partial charge in [-0.3, -0.25) is 4.79 Å². The van der Waals surface area contributed by atoms with Gasteiger partial charge in [0.1, 0.15) is 0 Å². The third-order valence-electron chi connectivity index (χ3n) is 4.43. The minimum atomic E-state index is -0.654. The van der Waals surface area contributed by atoms with Crippen LogP contribution in [0, 0.1) is 5.92 Å². The average Bonchev–Trinajstić information content (AvgIpc) is 2.53. The van der Waals surface area contributed by atoms with Crippen LogP contribution in [0.1, 0.15) is 49.0 Å². The molecule has 1 amide bonds. The van der Waals surface area contributed by atoms with E-state index < -0.39 is 5.60 Å². The summed E-state index contributed by atoms with van der Waals surface area (Å²) in [6, 6.07) is 7.80. The molecule has 2 rings (SSSR count). The van der Waals surface area contributed by atoms with Crippen molar-refractivity contribution in [1.82, 2.24) is 4.90 Å². The van der Waals surface area contributed by atoms with Gasteiger partial charge in [-0.15, -0.1) is 0 Å². The Kier molecular flexibility index (Phi) is 6.19. The van der Waals surface area contributed by atoms with Crippen molar-refractivity contribution in [3.8, 4) is 0 Å². The van der Waals surface area contributed by atoms with Crippen molar-refractivity contribution in [3.63, 3.8) is 0 Å². The standard InChI is InChI=1S/C19H29NO3/c1-19(2,22)11-10-15-6-8-17(9-7-15)18(21)20-12-4-5-16(13-20)14-23-3/h6-9,16,22H,4-5,10-14H2,1-3H3. The molecule has 1 aromatic rings. The number of carbonyl (C=O) groups is 1. The van der Waals surface area contributed by atoms with Crippen LogP contribution in [0.5, 0.6) is 0 Å². The molecule has 1 aromatic carbocycles. The van der Waals surface area contributed by atoms with Gasteiger partial charge in [0.05, 0.1) is 12.2 Å². The zero-order valence-electron chi connectivity index (χ0n) is 14.5. The molecule has 1 atom stereocenters. The van der Waals surface area contributed by atoms with Gasteiger partial charge in [-0.2, -0.15) is 0 Å². The van der Waals surface area contributed by atoms with Crippen molar-refractivity contribution >= 4 is 5.91 Å². The van der Waals surface area contributed by atoms with Crippen molar-refractivity contribution in [2.45, 2.75) is 45.1 Å². The number of benzene rings is 1. The molecule has 1 fully saturated rings. The van der Waals surface area contributed by atoms with Gasteiger partial charge in [0.2, 0.25) is 0 Å². The summed E-state index contributed by atoms with van der Waals surface area (Å²) < 4.78 is 5.23. The fourth-order valence-corrected chi connectivity index (χ4v) is 3.07. The Bertz CT molecular complexity index is 502. The Morgan fingerprint density at radius 1 is 1.35 bits per heavy atom. The third kappa shape index (κ3) is 5.63. The van der Waals surface area contributed by atoms with Crippen LogP contribution in [0.15, 0.2) is 24.3 Å². The Morgan fingerprint density at radius 3 is 2.65 bits per heavy atom. The zero-order valence-corrected chi connectivity index (χ0v) is 14.5. The van der Waals surface area contributed by atoms with Crippen molar-refractivity contribution in [2.24, 2.45) is 5.92 Å². The molecule has 23 heavy (non-hydrogen) atoms. The molecule has 1 heterocycles. The summed E-state index contributed by atoms with van der Waals surface area (Å²) in [5.74, 6) is 0.559. The first-order chi connectivity index (χ1) is 10.9. The van der Waals surface area contributed by atoms with Gasteiger partial charge in [-0.25, -0.2) is 0 Å². The summed E-state index contributed by atoms with van der Waals surface area (Å²) in [7, 11) is 1.72. The van der Waals surface area contributed by atoms with Gasteiger partial charge in [-0.1, -0.05) is 12.1 Å². The van der Waals surface area contributed by atoms with E-state index in [0.29, 0.717) is 12.3 Å². The van der Waals surface area contributed by atoms with E-state index in [4.69, 9.17) is 4.74 Å². The number of likely N-dealkylation sites (tertiary alicyclic amines) is 1. The van der Waals surface area contributed by atoms with Crippen LogP contribution < -0.4 is 0 Å². The van der Waals surface area contributed by atoms with E-state index in [1.807, 2.05) is 43.0 Å². The van der Waals surface area contributed by atoms with Crippen LogP contribution in [-0.2, 0) is 11.2 Å². The number of hydrogen-bond donors (Lipinski definition) is 1. The lowest BCUT2D eigenvalue weighted by Gasteiger charge is -2.32. The van der Waals surface area contributed by atoms with E-state index in [1.54, 1.807) is 7.11 Å². The maximum absolute atomic E-state index is 12.6. The third-order valence-corrected chi connectivity index (χ3v) is 4.43. The number of nitrogens with zero attached hydrogens (tertiary/aromatic N) is 1. The molecular weight excluding hydrogens is 290 g/mol. The fourth-order valence-electron chi connectivity index (χ4n) is 3.07. The van der Waals surface area contributed by atoms with Gasteiger partial charge in [0.25, 0.3) is 5.91 Å². The predicted octanol–water partition coefficient (Wildman–Crippen LogP) is 2.89. The highest BCUT2D eigenvalue weighted by Gasteiger charge is 2.24. The number of carbonyl (C=O) groups excluding carboxylic acids is 1. The molecule has 0 aromatic heterocycles. The van der Waals surface area contributed by atoms with Crippen molar-refractivity contribution in [1.29, 1.82) is 0 Å². The number of amides is 1. The summed E-state index contributed by atoms with van der Waals surface area (Å²) in [6.07, 6.45) is 3.71. The monoisotopic (exact) mass is 319 g/mol. The minimum absolute atomic E-state index is 0.111. The largest absolute Gasteiger partial charge is 0.390 e. The van der Waals surface area contributed by atoms with E-state index in [0.717, 1.165) is 50.1 Å². The number of aryl methyl sites for hydroxylation is 1. The lowest BCUT2D eigenvalue weighted by molar-refractivity contribution is 0.0570. The van der Waals surface area contributed by atoms with E-state index >= 15 is 0 Å². The predicted molar refractivity (Wildman–Crippen MR) is 91.6 cm³/mol. The summed E-state index contributed by atoms with van der Waals surface area (Å²) in [4.78, 5) is 14.6. The molecule has 1 saturated heterocycles. The average molecular weight is 319 g/mol. The van der Waals surface area contributed by atoms with Crippen LogP contribution in [0.25, 0.3) is 0 Å². The molecule has 0 saturated carbocycles. The highest BCUT2D eigenvalue weighted by atomic mass is 16.5. The van der Waals surface area contributed by atoms with Gasteiger partial charge < -0.3 is 14.7 Å². The minimum Gasteiger partial charge on any atom is -0.390 e. The number of piperidine rings is 1. The molecule has 128 valence electrons. The quantitative estimate of drug-likeness (QED) is 0.877. The second kappa shape index (κ2) is 7.93. The van der Waals surface area contributed by atoms with Crippen molar-refractivity contribution in [2.75, 3.05) is 26.8 Å². The van der Waals surface area contributed by atoms with Crippen LogP contribution in [-0.4, -0.2) is 48.3 Å². The molecule has 4 heteroatoms.